The minimum absolute atomic E-state index is 0.0349. The van der Waals surface area contributed by atoms with Crippen molar-refractivity contribution in [2.24, 2.45) is 0 Å². The summed E-state index contributed by atoms with van der Waals surface area (Å²) in [6.07, 6.45) is 0. The van der Waals surface area contributed by atoms with Gasteiger partial charge in [0, 0.05) is 17.0 Å². The van der Waals surface area contributed by atoms with E-state index in [0.29, 0.717) is 30.7 Å². The number of ether oxygens (including phenoxy) is 1. The molecule has 1 aromatic carbocycles. The van der Waals surface area contributed by atoms with Crippen LogP contribution >= 0.6 is 39.0 Å². The third kappa shape index (κ3) is 5.52. The van der Waals surface area contributed by atoms with Crippen LogP contribution in [0.15, 0.2) is 45.3 Å². The molecule has 3 aromatic rings. The van der Waals surface area contributed by atoms with Gasteiger partial charge in [-0.2, -0.15) is 0 Å². The van der Waals surface area contributed by atoms with Crippen molar-refractivity contribution in [1.29, 1.82) is 0 Å². The standard InChI is InChI=1S/C19H22BrN5O2S2/c1-3-24(11-15-9-10-16(20)29-15)17(26)12-28-19-23-22-18(25(19)21)13-5-7-14(8-6-13)27-4-2/h5-10H,3-4,11-12,21H2,1-2H3. The molecule has 3 rings (SSSR count). The van der Waals surface area contributed by atoms with E-state index < -0.39 is 0 Å². The van der Waals surface area contributed by atoms with E-state index in [1.165, 1.54) is 16.4 Å². The van der Waals surface area contributed by atoms with Crippen LogP contribution in [0.25, 0.3) is 11.4 Å². The Morgan fingerprint density at radius 3 is 2.62 bits per heavy atom. The summed E-state index contributed by atoms with van der Waals surface area (Å²) in [5.74, 6) is 7.78. The fraction of sp³-hybridized carbons (Fsp3) is 0.316. The lowest BCUT2D eigenvalue weighted by molar-refractivity contribution is -0.128. The van der Waals surface area contributed by atoms with Crippen LogP contribution in [0.5, 0.6) is 5.75 Å². The molecule has 0 saturated carbocycles. The average molecular weight is 496 g/mol. The molecule has 0 bridgehead atoms. The monoisotopic (exact) mass is 495 g/mol. The van der Waals surface area contributed by atoms with Gasteiger partial charge in [-0.05, 0) is 66.2 Å². The quantitative estimate of drug-likeness (QED) is 0.356. The Kier molecular flexibility index (Phi) is 7.57. The molecule has 7 nitrogen and oxygen atoms in total. The van der Waals surface area contributed by atoms with Crippen molar-refractivity contribution < 1.29 is 9.53 Å². The van der Waals surface area contributed by atoms with Gasteiger partial charge in [0.25, 0.3) is 0 Å². The number of amides is 1. The van der Waals surface area contributed by atoms with Crippen LogP contribution in [-0.4, -0.2) is 44.6 Å². The molecule has 2 N–H and O–H groups in total. The first kappa shape index (κ1) is 21.7. The van der Waals surface area contributed by atoms with Crippen molar-refractivity contribution in [3.05, 3.63) is 45.1 Å². The number of aromatic nitrogens is 3. The highest BCUT2D eigenvalue weighted by Gasteiger charge is 2.17. The largest absolute Gasteiger partial charge is 0.494 e. The third-order valence-electron chi connectivity index (χ3n) is 4.12. The van der Waals surface area contributed by atoms with Crippen molar-refractivity contribution in [2.75, 3.05) is 24.7 Å². The Labute approximate surface area is 186 Å². The predicted octanol–water partition coefficient (Wildman–Crippen LogP) is 4.02. The van der Waals surface area contributed by atoms with Crippen LogP contribution in [0.1, 0.15) is 18.7 Å². The van der Waals surface area contributed by atoms with Gasteiger partial charge in [-0.15, -0.1) is 21.5 Å². The third-order valence-corrected chi connectivity index (χ3v) is 6.66. The van der Waals surface area contributed by atoms with Crippen LogP contribution in [0.4, 0.5) is 0 Å². The van der Waals surface area contributed by atoms with Crippen molar-refractivity contribution >= 4 is 44.9 Å². The lowest BCUT2D eigenvalue weighted by Crippen LogP contribution is -2.31. The fourth-order valence-corrected chi connectivity index (χ4v) is 4.92. The molecule has 29 heavy (non-hydrogen) atoms. The van der Waals surface area contributed by atoms with Gasteiger partial charge >= 0.3 is 0 Å². The second kappa shape index (κ2) is 10.1. The minimum Gasteiger partial charge on any atom is -0.494 e. The van der Waals surface area contributed by atoms with Gasteiger partial charge in [0.15, 0.2) is 5.82 Å². The maximum absolute atomic E-state index is 12.6. The summed E-state index contributed by atoms with van der Waals surface area (Å²) in [6.45, 7) is 5.76. The molecule has 0 saturated heterocycles. The lowest BCUT2D eigenvalue weighted by atomic mass is 10.2. The molecule has 2 aromatic heterocycles. The average Bonchev–Trinajstić information content (AvgIpc) is 3.30. The summed E-state index contributed by atoms with van der Waals surface area (Å²) in [5.41, 5.74) is 0.833. The highest BCUT2D eigenvalue weighted by Crippen LogP contribution is 2.25. The summed E-state index contributed by atoms with van der Waals surface area (Å²) in [7, 11) is 0. The van der Waals surface area contributed by atoms with Crippen LogP contribution in [-0.2, 0) is 11.3 Å². The number of thioether (sulfide) groups is 1. The van der Waals surface area contributed by atoms with Gasteiger partial charge in [0.2, 0.25) is 11.1 Å². The number of nitrogens with zero attached hydrogens (tertiary/aromatic N) is 4. The summed E-state index contributed by atoms with van der Waals surface area (Å²) in [4.78, 5) is 15.6. The normalized spacial score (nSPS) is 10.9. The van der Waals surface area contributed by atoms with E-state index >= 15 is 0 Å². The number of carbonyl (C=O) groups is 1. The van der Waals surface area contributed by atoms with Crippen LogP contribution in [0.3, 0.4) is 0 Å². The number of hydrogen-bond donors (Lipinski definition) is 1. The maximum atomic E-state index is 12.6. The number of halogens is 1. The zero-order valence-corrected chi connectivity index (χ0v) is 19.4. The molecule has 0 unspecified atom stereocenters. The van der Waals surface area contributed by atoms with Gasteiger partial charge in [0.1, 0.15) is 5.75 Å². The van der Waals surface area contributed by atoms with E-state index in [1.54, 1.807) is 11.3 Å². The van der Waals surface area contributed by atoms with Crippen molar-refractivity contribution in [2.45, 2.75) is 25.5 Å². The maximum Gasteiger partial charge on any atom is 0.233 e. The molecule has 0 atom stereocenters. The molecule has 0 fully saturated rings. The smallest absolute Gasteiger partial charge is 0.233 e. The Morgan fingerprint density at radius 2 is 2.00 bits per heavy atom. The molecule has 0 aliphatic carbocycles. The Bertz CT molecular complexity index is 958. The van der Waals surface area contributed by atoms with E-state index in [2.05, 4.69) is 26.1 Å². The predicted molar refractivity (Wildman–Crippen MR) is 121 cm³/mol. The van der Waals surface area contributed by atoms with Gasteiger partial charge in [-0.3, -0.25) is 4.79 Å². The van der Waals surface area contributed by atoms with Crippen molar-refractivity contribution in [3.63, 3.8) is 0 Å². The van der Waals surface area contributed by atoms with E-state index in [9.17, 15) is 4.79 Å². The van der Waals surface area contributed by atoms with Crippen molar-refractivity contribution in [1.82, 2.24) is 19.8 Å². The second-order valence-corrected chi connectivity index (χ2v) is 9.53. The van der Waals surface area contributed by atoms with Crippen molar-refractivity contribution in [3.8, 4) is 17.1 Å². The number of benzene rings is 1. The molecule has 0 aliphatic rings. The van der Waals surface area contributed by atoms with E-state index in [1.807, 2.05) is 55.1 Å². The minimum atomic E-state index is 0.0349. The number of nitrogens with two attached hydrogens (primary N) is 1. The molecule has 2 heterocycles. The topological polar surface area (TPSA) is 86.3 Å². The molecular weight excluding hydrogens is 474 g/mol. The van der Waals surface area contributed by atoms with Crippen LogP contribution in [0.2, 0.25) is 0 Å². The van der Waals surface area contributed by atoms with E-state index in [4.69, 9.17) is 10.6 Å². The summed E-state index contributed by atoms with van der Waals surface area (Å²) in [6, 6.07) is 11.5. The SMILES string of the molecule is CCOc1ccc(-c2nnc(SCC(=O)N(CC)Cc3ccc(Br)s3)n2N)cc1. The number of rotatable bonds is 9. The van der Waals surface area contributed by atoms with Crippen LogP contribution < -0.4 is 10.6 Å². The fourth-order valence-electron chi connectivity index (χ4n) is 2.66. The Hall–Kier alpha value is -2.04. The first-order chi connectivity index (χ1) is 14.0. The lowest BCUT2D eigenvalue weighted by Gasteiger charge is -2.19. The number of nitrogen functional groups attached to an aromatic ring is 1. The summed E-state index contributed by atoms with van der Waals surface area (Å²) < 4.78 is 7.93. The highest BCUT2D eigenvalue weighted by atomic mass is 79.9. The molecule has 154 valence electrons. The molecule has 0 spiro atoms. The molecular formula is C19H22BrN5O2S2. The number of thiophene rings is 1. The molecule has 0 aliphatic heterocycles. The molecule has 0 radical (unpaired) electrons. The first-order valence-electron chi connectivity index (χ1n) is 9.10. The zero-order valence-electron chi connectivity index (χ0n) is 16.2. The van der Waals surface area contributed by atoms with E-state index in [-0.39, 0.29) is 11.7 Å². The van der Waals surface area contributed by atoms with Gasteiger partial charge in [-0.25, -0.2) is 4.68 Å². The highest BCUT2D eigenvalue weighted by molar-refractivity contribution is 9.11. The zero-order chi connectivity index (χ0) is 20.8. The Balaban J connectivity index is 1.62. The Morgan fingerprint density at radius 1 is 1.24 bits per heavy atom. The van der Waals surface area contributed by atoms with E-state index in [0.717, 1.165) is 20.0 Å². The molecule has 1 amide bonds. The number of hydrogen-bond acceptors (Lipinski definition) is 7. The second-order valence-electron chi connectivity index (χ2n) is 6.04. The van der Waals surface area contributed by atoms with Gasteiger partial charge in [-0.1, -0.05) is 11.8 Å². The number of carbonyl (C=O) groups excluding carboxylic acids is 1. The summed E-state index contributed by atoms with van der Waals surface area (Å²) >= 11 is 6.37. The van der Waals surface area contributed by atoms with Gasteiger partial charge < -0.3 is 15.5 Å². The van der Waals surface area contributed by atoms with Gasteiger partial charge in [0.05, 0.1) is 22.7 Å². The van der Waals surface area contributed by atoms with Crippen LogP contribution in [0, 0.1) is 0 Å². The summed E-state index contributed by atoms with van der Waals surface area (Å²) in [5, 5.41) is 8.81. The molecule has 10 heteroatoms. The first-order valence-corrected chi connectivity index (χ1v) is 11.7.